The highest BCUT2D eigenvalue weighted by Crippen LogP contribution is 2.29. The second-order valence-corrected chi connectivity index (χ2v) is 10.1. The number of anilines is 1. The lowest BCUT2D eigenvalue weighted by molar-refractivity contribution is -0.116. The summed E-state index contributed by atoms with van der Waals surface area (Å²) in [4.78, 5) is 14.8. The maximum Gasteiger partial charge on any atom is 0.242 e. The lowest BCUT2D eigenvalue weighted by Crippen LogP contribution is -2.29. The average Bonchev–Trinajstić information content (AvgIpc) is 3.53. The Labute approximate surface area is 181 Å². The summed E-state index contributed by atoms with van der Waals surface area (Å²) in [6.45, 7) is 1.19. The minimum Gasteiger partial charge on any atom is -0.325 e. The van der Waals surface area contributed by atoms with Crippen LogP contribution in [0.15, 0.2) is 47.4 Å². The van der Waals surface area contributed by atoms with Crippen LogP contribution in [0.2, 0.25) is 5.02 Å². The predicted molar refractivity (Wildman–Crippen MR) is 115 cm³/mol. The van der Waals surface area contributed by atoms with Crippen LogP contribution in [0.3, 0.4) is 0 Å². The molecule has 0 bridgehead atoms. The standard InChI is InChI=1S/C21H25ClFN3O3S/c1-25(2)30(28,29)18-9-10-19(22)20(13-18)24-21(27)11-12-26(17-7-8-17)14-15-3-5-16(23)6-4-15/h3-6,9-10,13,17H,7-8,11-12,14H2,1-2H3,(H,24,27). The van der Waals surface area contributed by atoms with Crippen LogP contribution < -0.4 is 5.32 Å². The van der Waals surface area contributed by atoms with Crippen molar-refractivity contribution in [2.24, 2.45) is 0 Å². The van der Waals surface area contributed by atoms with Crippen LogP contribution in [0.4, 0.5) is 10.1 Å². The van der Waals surface area contributed by atoms with Gasteiger partial charge < -0.3 is 5.32 Å². The van der Waals surface area contributed by atoms with Crippen LogP contribution in [0.1, 0.15) is 24.8 Å². The zero-order valence-electron chi connectivity index (χ0n) is 16.9. The van der Waals surface area contributed by atoms with Gasteiger partial charge in [-0.15, -0.1) is 0 Å². The maximum atomic E-state index is 13.1. The number of hydrogen-bond donors (Lipinski definition) is 1. The lowest BCUT2D eigenvalue weighted by Gasteiger charge is -2.22. The molecule has 0 atom stereocenters. The fourth-order valence-corrected chi connectivity index (χ4v) is 4.18. The van der Waals surface area contributed by atoms with Gasteiger partial charge in [-0.1, -0.05) is 23.7 Å². The van der Waals surface area contributed by atoms with Crippen LogP contribution in [0.5, 0.6) is 0 Å². The summed E-state index contributed by atoms with van der Waals surface area (Å²) in [6.07, 6.45) is 2.40. The average molecular weight is 454 g/mol. The summed E-state index contributed by atoms with van der Waals surface area (Å²) in [7, 11) is -0.749. The Hall–Kier alpha value is -2.00. The van der Waals surface area contributed by atoms with E-state index in [1.807, 2.05) is 0 Å². The molecule has 1 aliphatic rings. The molecule has 1 saturated carbocycles. The van der Waals surface area contributed by atoms with Gasteiger partial charge in [0.25, 0.3) is 0 Å². The van der Waals surface area contributed by atoms with Crippen molar-refractivity contribution >= 4 is 33.2 Å². The van der Waals surface area contributed by atoms with Gasteiger partial charge in [-0.2, -0.15) is 0 Å². The Morgan fingerprint density at radius 1 is 1.17 bits per heavy atom. The molecule has 0 unspecified atom stereocenters. The zero-order chi connectivity index (χ0) is 21.9. The van der Waals surface area contributed by atoms with Gasteiger partial charge in [0.05, 0.1) is 15.6 Å². The van der Waals surface area contributed by atoms with Crippen molar-refractivity contribution in [3.8, 4) is 0 Å². The van der Waals surface area contributed by atoms with E-state index in [0.717, 1.165) is 22.7 Å². The van der Waals surface area contributed by atoms with E-state index in [2.05, 4.69) is 10.2 Å². The summed E-state index contributed by atoms with van der Waals surface area (Å²) in [5.74, 6) is -0.521. The molecule has 0 saturated heterocycles. The quantitative estimate of drug-likeness (QED) is 0.628. The van der Waals surface area contributed by atoms with Gasteiger partial charge >= 0.3 is 0 Å². The third kappa shape index (κ3) is 5.78. The van der Waals surface area contributed by atoms with Gasteiger partial charge in [-0.3, -0.25) is 9.69 Å². The Kier molecular flexibility index (Phi) is 7.13. The molecule has 6 nitrogen and oxygen atoms in total. The Morgan fingerprint density at radius 3 is 2.43 bits per heavy atom. The van der Waals surface area contributed by atoms with E-state index in [1.165, 1.54) is 44.4 Å². The van der Waals surface area contributed by atoms with E-state index in [9.17, 15) is 17.6 Å². The van der Waals surface area contributed by atoms with Gasteiger partial charge in [0.2, 0.25) is 15.9 Å². The largest absolute Gasteiger partial charge is 0.325 e. The number of carbonyl (C=O) groups excluding carboxylic acids is 1. The van der Waals surface area contributed by atoms with Gasteiger partial charge in [0.1, 0.15) is 5.82 Å². The molecule has 0 spiro atoms. The molecule has 2 aromatic rings. The molecule has 1 N–H and O–H groups in total. The second kappa shape index (κ2) is 9.43. The summed E-state index contributed by atoms with van der Waals surface area (Å²) < 4.78 is 38.8. The molecule has 9 heteroatoms. The van der Waals surface area contributed by atoms with E-state index in [1.54, 1.807) is 12.1 Å². The monoisotopic (exact) mass is 453 g/mol. The van der Waals surface area contributed by atoms with Crippen molar-refractivity contribution < 1.29 is 17.6 Å². The van der Waals surface area contributed by atoms with Gasteiger partial charge in [-0.05, 0) is 48.7 Å². The molecule has 1 fully saturated rings. The highest BCUT2D eigenvalue weighted by atomic mass is 35.5. The highest BCUT2D eigenvalue weighted by molar-refractivity contribution is 7.89. The van der Waals surface area contributed by atoms with E-state index in [0.29, 0.717) is 19.1 Å². The molecular formula is C21H25ClFN3O3S. The van der Waals surface area contributed by atoms with Crippen LogP contribution in [-0.2, 0) is 21.4 Å². The topological polar surface area (TPSA) is 69.7 Å². The number of carbonyl (C=O) groups is 1. The van der Waals surface area contributed by atoms with E-state index in [-0.39, 0.29) is 33.8 Å². The van der Waals surface area contributed by atoms with Crippen molar-refractivity contribution in [2.75, 3.05) is 26.0 Å². The van der Waals surface area contributed by atoms with Crippen LogP contribution in [-0.4, -0.2) is 50.2 Å². The third-order valence-corrected chi connectivity index (χ3v) is 7.12. The summed E-state index contributed by atoms with van der Waals surface area (Å²) in [6, 6.07) is 11.0. The molecule has 2 aromatic carbocycles. The number of halogens is 2. The third-order valence-electron chi connectivity index (χ3n) is 4.98. The first-order chi connectivity index (χ1) is 14.2. The molecule has 0 aliphatic heterocycles. The number of nitrogens with one attached hydrogen (secondary N) is 1. The molecule has 162 valence electrons. The first-order valence-corrected chi connectivity index (χ1v) is 11.5. The van der Waals surface area contributed by atoms with Crippen molar-refractivity contribution in [1.82, 2.24) is 9.21 Å². The van der Waals surface area contributed by atoms with Crippen LogP contribution in [0.25, 0.3) is 0 Å². The predicted octanol–water partition coefficient (Wildman–Crippen LogP) is 3.72. The molecule has 0 heterocycles. The van der Waals surface area contributed by atoms with Crippen molar-refractivity contribution in [3.63, 3.8) is 0 Å². The normalized spacial score (nSPS) is 14.3. The molecule has 1 amide bonds. The second-order valence-electron chi connectivity index (χ2n) is 7.56. The maximum absolute atomic E-state index is 13.1. The van der Waals surface area contributed by atoms with Gasteiger partial charge in [0, 0.05) is 39.6 Å². The van der Waals surface area contributed by atoms with Crippen LogP contribution in [0, 0.1) is 5.82 Å². The molecule has 30 heavy (non-hydrogen) atoms. The lowest BCUT2D eigenvalue weighted by atomic mass is 10.2. The molecular weight excluding hydrogens is 429 g/mol. The minimum absolute atomic E-state index is 0.0584. The minimum atomic E-state index is -3.63. The van der Waals surface area contributed by atoms with E-state index in [4.69, 9.17) is 11.6 Å². The SMILES string of the molecule is CN(C)S(=O)(=O)c1ccc(Cl)c(NC(=O)CCN(Cc2ccc(F)cc2)C2CC2)c1. The highest BCUT2D eigenvalue weighted by Gasteiger charge is 2.29. The van der Waals surface area contributed by atoms with Crippen molar-refractivity contribution in [1.29, 1.82) is 0 Å². The zero-order valence-corrected chi connectivity index (χ0v) is 18.5. The summed E-state index contributed by atoms with van der Waals surface area (Å²) >= 11 is 6.15. The first kappa shape index (κ1) is 22.7. The molecule has 0 radical (unpaired) electrons. The number of hydrogen-bond acceptors (Lipinski definition) is 4. The number of rotatable bonds is 9. The Balaban J connectivity index is 1.62. The van der Waals surface area contributed by atoms with Crippen LogP contribution >= 0.6 is 11.6 Å². The summed E-state index contributed by atoms with van der Waals surface area (Å²) in [5, 5.41) is 2.99. The molecule has 3 rings (SSSR count). The van der Waals surface area contributed by atoms with Gasteiger partial charge in [0.15, 0.2) is 0 Å². The Morgan fingerprint density at radius 2 is 1.83 bits per heavy atom. The molecule has 0 aromatic heterocycles. The fourth-order valence-electron chi connectivity index (χ4n) is 3.08. The van der Waals surface area contributed by atoms with Crippen molar-refractivity contribution in [3.05, 3.63) is 58.9 Å². The summed E-state index contributed by atoms with van der Waals surface area (Å²) in [5.41, 5.74) is 1.26. The van der Waals surface area contributed by atoms with E-state index >= 15 is 0 Å². The number of nitrogens with zero attached hydrogens (tertiary/aromatic N) is 2. The van der Waals surface area contributed by atoms with Gasteiger partial charge in [-0.25, -0.2) is 17.1 Å². The number of sulfonamides is 1. The first-order valence-electron chi connectivity index (χ1n) is 9.67. The van der Waals surface area contributed by atoms with E-state index < -0.39 is 10.0 Å². The number of benzene rings is 2. The molecule has 1 aliphatic carbocycles. The number of amides is 1. The Bertz CT molecular complexity index is 1010. The smallest absolute Gasteiger partial charge is 0.242 e. The fraction of sp³-hybridized carbons (Fsp3) is 0.381. The van der Waals surface area contributed by atoms with Crippen molar-refractivity contribution in [2.45, 2.75) is 36.7 Å².